The Labute approximate surface area is 221 Å². The highest BCUT2D eigenvalue weighted by atomic mass is 35.5. The average molecular weight is 537 g/mol. The monoisotopic (exact) mass is 536 g/mol. The van der Waals surface area contributed by atoms with Crippen LogP contribution in [0.5, 0.6) is 11.5 Å². The molecule has 0 saturated carbocycles. The Morgan fingerprint density at radius 3 is 2.69 bits per heavy atom. The molecule has 0 amide bonds. The summed E-state index contributed by atoms with van der Waals surface area (Å²) in [5.41, 5.74) is 4.06. The van der Waals surface area contributed by atoms with E-state index in [1.165, 1.54) is 11.3 Å². The van der Waals surface area contributed by atoms with Gasteiger partial charge < -0.3 is 9.47 Å². The number of hydrogen-bond acceptors (Lipinski definition) is 5. The molecule has 0 fully saturated rings. The number of halogens is 2. The van der Waals surface area contributed by atoms with E-state index >= 15 is 0 Å². The topological polar surface area (TPSA) is 52.8 Å². The fourth-order valence-corrected chi connectivity index (χ4v) is 5.50. The molecule has 0 aliphatic heterocycles. The highest BCUT2D eigenvalue weighted by Crippen LogP contribution is 2.35. The van der Waals surface area contributed by atoms with Gasteiger partial charge in [-0.1, -0.05) is 58.8 Å². The third-order valence-electron chi connectivity index (χ3n) is 5.65. The number of hydrogen-bond donors (Lipinski definition) is 0. The van der Waals surface area contributed by atoms with Crippen LogP contribution in [0.2, 0.25) is 10.0 Å². The van der Waals surface area contributed by atoms with E-state index in [-0.39, 0.29) is 12.2 Å². The lowest BCUT2D eigenvalue weighted by molar-refractivity contribution is 0.267. The van der Waals surface area contributed by atoms with E-state index in [2.05, 4.69) is 11.6 Å². The first-order chi connectivity index (χ1) is 17.5. The number of ether oxygens (including phenoxy) is 2. The maximum Gasteiger partial charge on any atom is 0.274 e. The minimum absolute atomic E-state index is 0.0929. The summed E-state index contributed by atoms with van der Waals surface area (Å²) >= 11 is 13.7. The number of benzene rings is 3. The molecule has 182 valence electrons. The molecule has 2 heterocycles. The summed E-state index contributed by atoms with van der Waals surface area (Å²) in [7, 11) is 0. The zero-order valence-corrected chi connectivity index (χ0v) is 21.8. The second-order valence-corrected chi connectivity index (χ2v) is 9.94. The molecule has 0 aliphatic rings. The molecule has 0 spiro atoms. The Morgan fingerprint density at radius 1 is 1.08 bits per heavy atom. The maximum atomic E-state index is 13.2. The van der Waals surface area contributed by atoms with Crippen LogP contribution in [0.25, 0.3) is 22.1 Å². The quantitative estimate of drug-likeness (QED) is 0.213. The van der Waals surface area contributed by atoms with Crippen molar-refractivity contribution in [1.29, 1.82) is 0 Å². The van der Waals surface area contributed by atoms with Gasteiger partial charge in [-0.2, -0.15) is 0 Å². The van der Waals surface area contributed by atoms with E-state index < -0.39 is 0 Å². The van der Waals surface area contributed by atoms with Crippen molar-refractivity contribution in [2.24, 2.45) is 0 Å². The smallest absolute Gasteiger partial charge is 0.274 e. The van der Waals surface area contributed by atoms with Crippen LogP contribution in [0.4, 0.5) is 0 Å². The number of allylic oxidation sites excluding steroid dienone is 1. The van der Waals surface area contributed by atoms with Crippen molar-refractivity contribution >= 4 is 56.6 Å². The van der Waals surface area contributed by atoms with E-state index in [0.29, 0.717) is 44.1 Å². The van der Waals surface area contributed by atoms with Gasteiger partial charge in [-0.25, -0.2) is 9.38 Å². The van der Waals surface area contributed by atoms with Crippen molar-refractivity contribution in [3.05, 3.63) is 109 Å². The van der Waals surface area contributed by atoms with Crippen molar-refractivity contribution in [2.75, 3.05) is 6.61 Å². The van der Waals surface area contributed by atoms with Crippen LogP contribution in [0.15, 0.2) is 72.0 Å². The fraction of sp³-hybridized carbons (Fsp3) is 0.143. The summed E-state index contributed by atoms with van der Waals surface area (Å²) in [5, 5.41) is 1.10. The van der Waals surface area contributed by atoms with Gasteiger partial charge in [0.05, 0.1) is 22.2 Å². The number of aromatic nitrogens is 2. The van der Waals surface area contributed by atoms with Crippen molar-refractivity contribution in [3.63, 3.8) is 0 Å². The van der Waals surface area contributed by atoms with E-state index in [1.54, 1.807) is 22.6 Å². The average Bonchev–Trinajstić information content (AvgIpc) is 3.36. The van der Waals surface area contributed by atoms with Crippen molar-refractivity contribution in [2.45, 2.75) is 20.0 Å². The molecule has 0 N–H and O–H groups in total. The minimum atomic E-state index is -0.0929. The first-order valence-electron chi connectivity index (χ1n) is 11.4. The van der Waals surface area contributed by atoms with Crippen LogP contribution in [0, 0.1) is 0 Å². The van der Waals surface area contributed by atoms with E-state index in [4.69, 9.17) is 32.7 Å². The van der Waals surface area contributed by atoms with Crippen molar-refractivity contribution < 1.29 is 9.47 Å². The molecule has 2 aromatic heterocycles. The largest absolute Gasteiger partial charge is 0.490 e. The molecule has 5 nitrogen and oxygen atoms in total. The van der Waals surface area contributed by atoms with Gasteiger partial charge in [-0.3, -0.25) is 4.79 Å². The second kappa shape index (κ2) is 10.3. The van der Waals surface area contributed by atoms with Crippen molar-refractivity contribution in [1.82, 2.24) is 9.38 Å². The summed E-state index contributed by atoms with van der Waals surface area (Å²) in [4.78, 5) is 18.5. The van der Waals surface area contributed by atoms with Crippen LogP contribution in [-0.4, -0.2) is 16.0 Å². The second-order valence-electron chi connectivity index (χ2n) is 8.09. The van der Waals surface area contributed by atoms with Crippen LogP contribution in [0.1, 0.15) is 23.6 Å². The lowest BCUT2D eigenvalue weighted by Gasteiger charge is -2.17. The predicted molar refractivity (Wildman–Crippen MR) is 148 cm³/mol. The molecule has 0 unspecified atom stereocenters. The Kier molecular flexibility index (Phi) is 7.01. The number of imidazole rings is 1. The summed E-state index contributed by atoms with van der Waals surface area (Å²) in [5.74, 6) is 1.21. The molecule has 0 radical (unpaired) electrons. The highest BCUT2D eigenvalue weighted by molar-refractivity contribution is 7.15. The summed E-state index contributed by atoms with van der Waals surface area (Å²) in [6, 6.07) is 16.8. The van der Waals surface area contributed by atoms with Crippen LogP contribution in [-0.2, 0) is 13.0 Å². The lowest BCUT2D eigenvalue weighted by Crippen LogP contribution is -2.22. The number of para-hydroxylation sites is 2. The van der Waals surface area contributed by atoms with Gasteiger partial charge in [0.2, 0.25) is 0 Å². The fourth-order valence-electron chi connectivity index (χ4n) is 4.05. The highest BCUT2D eigenvalue weighted by Gasteiger charge is 2.15. The molecule has 36 heavy (non-hydrogen) atoms. The Balaban J connectivity index is 1.57. The third kappa shape index (κ3) is 4.72. The SMILES string of the molecule is C=CCc1cc(/C=c2\sc3nc4ccccc4n3c2=O)cc(OCC)c1OCc1ccc(Cl)cc1Cl. The van der Waals surface area contributed by atoms with Crippen molar-refractivity contribution in [3.8, 4) is 11.5 Å². The first kappa shape index (κ1) is 24.4. The number of nitrogens with zero attached hydrogens (tertiary/aromatic N) is 2. The lowest BCUT2D eigenvalue weighted by atomic mass is 10.1. The van der Waals surface area contributed by atoms with Gasteiger partial charge in [0.25, 0.3) is 5.56 Å². The number of rotatable bonds is 8. The third-order valence-corrected chi connectivity index (χ3v) is 7.20. The Bertz CT molecular complexity index is 1710. The molecular formula is C28H22Cl2N2O3S. The first-order valence-corrected chi connectivity index (χ1v) is 12.9. The van der Waals surface area contributed by atoms with Gasteiger partial charge in [0, 0.05) is 21.2 Å². The molecule has 8 heteroatoms. The molecule has 5 rings (SSSR count). The molecule has 5 aromatic rings. The van der Waals surface area contributed by atoms with Gasteiger partial charge in [-0.15, -0.1) is 6.58 Å². The Hall–Kier alpha value is -3.32. The summed E-state index contributed by atoms with van der Waals surface area (Å²) < 4.78 is 14.4. The van der Waals surface area contributed by atoms with Gasteiger partial charge in [-0.05, 0) is 61.4 Å². The maximum absolute atomic E-state index is 13.2. The predicted octanol–water partition coefficient (Wildman–Crippen LogP) is 6.47. The molecule has 3 aromatic carbocycles. The summed E-state index contributed by atoms with van der Waals surface area (Å²) in [6.45, 7) is 6.52. The van der Waals surface area contributed by atoms with Crippen LogP contribution < -0.4 is 19.6 Å². The number of thiazole rings is 1. The van der Waals surface area contributed by atoms with Gasteiger partial charge in [0.15, 0.2) is 16.5 Å². The Morgan fingerprint density at radius 2 is 1.92 bits per heavy atom. The molecular weight excluding hydrogens is 515 g/mol. The van der Waals surface area contributed by atoms with Gasteiger partial charge in [0.1, 0.15) is 6.61 Å². The van der Waals surface area contributed by atoms with E-state index in [9.17, 15) is 4.79 Å². The van der Waals surface area contributed by atoms with Gasteiger partial charge >= 0.3 is 0 Å². The van der Waals surface area contributed by atoms with Crippen LogP contribution >= 0.6 is 34.5 Å². The zero-order valence-electron chi connectivity index (χ0n) is 19.5. The normalized spacial score (nSPS) is 11.9. The summed E-state index contributed by atoms with van der Waals surface area (Å²) in [6.07, 6.45) is 4.24. The standard InChI is InChI=1S/C28H22Cl2N2O3S/c1-3-7-18-12-17(14-25-27(33)32-23-9-6-5-8-22(23)31-28(32)36-25)13-24(34-4-2)26(18)35-16-19-10-11-20(29)15-21(19)30/h3,5-6,8-15H,1,4,7,16H2,2H3/b25-14-. The molecule has 0 saturated heterocycles. The number of fused-ring (bicyclic) bond motifs is 3. The molecule has 0 bridgehead atoms. The minimum Gasteiger partial charge on any atom is -0.490 e. The van der Waals surface area contributed by atoms with E-state index in [1.807, 2.05) is 55.5 Å². The van der Waals surface area contributed by atoms with Crippen LogP contribution in [0.3, 0.4) is 0 Å². The molecule has 0 atom stereocenters. The van der Waals surface area contributed by atoms with E-state index in [0.717, 1.165) is 27.7 Å². The zero-order chi connectivity index (χ0) is 25.2. The molecule has 0 aliphatic carbocycles.